The highest BCUT2D eigenvalue weighted by molar-refractivity contribution is 7.99. The van der Waals surface area contributed by atoms with Gasteiger partial charge in [0.25, 0.3) is 0 Å². The molecule has 1 saturated heterocycles. The second-order valence-electron chi connectivity index (χ2n) is 8.20. The molecule has 2 aromatic carbocycles. The molecule has 164 valence electrons. The van der Waals surface area contributed by atoms with Gasteiger partial charge in [-0.2, -0.15) is 0 Å². The average Bonchev–Trinajstić information content (AvgIpc) is 3.10. The molecule has 0 saturated carbocycles. The molecule has 0 bridgehead atoms. The lowest BCUT2D eigenvalue weighted by atomic mass is 10.2. The zero-order valence-electron chi connectivity index (χ0n) is 18.1. The Hall–Kier alpha value is -2.97. The van der Waals surface area contributed by atoms with Gasteiger partial charge in [-0.15, -0.1) is 10.2 Å². The molecule has 0 spiro atoms. The molecule has 2 unspecified atom stereocenters. The number of morpholine rings is 1. The number of rotatable bonds is 5. The summed E-state index contributed by atoms with van der Waals surface area (Å²) < 4.78 is 7.90. The van der Waals surface area contributed by atoms with E-state index >= 15 is 0 Å². The van der Waals surface area contributed by atoms with Crippen LogP contribution in [0.1, 0.15) is 19.4 Å². The Morgan fingerprint density at radius 3 is 2.53 bits per heavy atom. The van der Waals surface area contributed by atoms with E-state index in [1.807, 2.05) is 55.1 Å². The van der Waals surface area contributed by atoms with Gasteiger partial charge in [-0.3, -0.25) is 4.79 Å². The smallest absolute Gasteiger partial charge is 0.233 e. The van der Waals surface area contributed by atoms with E-state index in [0.717, 1.165) is 22.1 Å². The van der Waals surface area contributed by atoms with Crippen LogP contribution in [0, 0.1) is 0 Å². The molecule has 3 heterocycles. The van der Waals surface area contributed by atoms with Crippen LogP contribution in [0.3, 0.4) is 0 Å². The molecular weight excluding hydrogens is 422 g/mol. The largest absolute Gasteiger partial charge is 0.372 e. The first-order valence-corrected chi connectivity index (χ1v) is 11.8. The fourth-order valence-corrected chi connectivity index (χ4v) is 4.96. The van der Waals surface area contributed by atoms with Gasteiger partial charge >= 0.3 is 0 Å². The molecule has 5 rings (SSSR count). The summed E-state index contributed by atoms with van der Waals surface area (Å²) in [5.74, 6) is 0.358. The number of benzene rings is 2. The summed E-state index contributed by atoms with van der Waals surface area (Å²) >= 11 is 1.33. The monoisotopic (exact) mass is 447 g/mol. The van der Waals surface area contributed by atoms with Crippen LogP contribution >= 0.6 is 11.8 Å². The molecule has 7 nitrogen and oxygen atoms in total. The van der Waals surface area contributed by atoms with Crippen LogP contribution in [0.25, 0.3) is 22.1 Å². The normalized spacial score (nSPS) is 19.0. The number of carbonyl (C=O) groups excluding carboxylic acids is 1. The minimum Gasteiger partial charge on any atom is -0.372 e. The maximum atomic E-state index is 12.7. The number of fused-ring (bicyclic) bond motifs is 3. The number of nitrogens with zero attached hydrogens (tertiary/aromatic N) is 5. The van der Waals surface area contributed by atoms with Crippen molar-refractivity contribution in [2.24, 2.45) is 0 Å². The van der Waals surface area contributed by atoms with Crippen LogP contribution in [-0.4, -0.2) is 61.6 Å². The standard InChI is InChI=1S/C24H25N5O2S/c1-16-12-28(13-17(2)31-16)21(30)15-32-24-25-23-22(26-27-24)19-10-6-7-11-20(19)29(23)14-18-8-4-3-5-9-18/h3-11,16-17H,12-15H2,1-2H3. The predicted molar refractivity (Wildman–Crippen MR) is 126 cm³/mol. The molecule has 1 aliphatic heterocycles. The number of amides is 1. The maximum absolute atomic E-state index is 12.7. The van der Waals surface area contributed by atoms with Crippen LogP contribution in [-0.2, 0) is 16.1 Å². The van der Waals surface area contributed by atoms with E-state index in [4.69, 9.17) is 9.72 Å². The Balaban J connectivity index is 1.42. The molecule has 8 heteroatoms. The zero-order chi connectivity index (χ0) is 22.1. The van der Waals surface area contributed by atoms with E-state index in [1.54, 1.807) is 0 Å². The number of hydrogen-bond acceptors (Lipinski definition) is 6. The molecule has 0 N–H and O–H groups in total. The van der Waals surface area contributed by atoms with Crippen LogP contribution in [0.2, 0.25) is 0 Å². The third-order valence-electron chi connectivity index (χ3n) is 5.64. The van der Waals surface area contributed by atoms with Crippen LogP contribution in [0.4, 0.5) is 0 Å². The minimum absolute atomic E-state index is 0.0515. The zero-order valence-corrected chi connectivity index (χ0v) is 19.0. The molecule has 32 heavy (non-hydrogen) atoms. The quantitative estimate of drug-likeness (QED) is 0.434. The number of ether oxygens (including phenoxy) is 1. The number of aromatic nitrogens is 4. The van der Waals surface area contributed by atoms with Gasteiger partial charge < -0.3 is 14.2 Å². The van der Waals surface area contributed by atoms with Crippen molar-refractivity contribution in [3.63, 3.8) is 0 Å². The average molecular weight is 448 g/mol. The molecule has 1 aliphatic rings. The summed E-state index contributed by atoms with van der Waals surface area (Å²) in [6.07, 6.45) is 0.103. The second kappa shape index (κ2) is 8.88. The topological polar surface area (TPSA) is 73.1 Å². The highest BCUT2D eigenvalue weighted by Crippen LogP contribution is 2.28. The first kappa shape index (κ1) is 20.9. The van der Waals surface area contributed by atoms with Crippen molar-refractivity contribution < 1.29 is 9.53 Å². The lowest BCUT2D eigenvalue weighted by molar-refractivity contribution is -0.140. The van der Waals surface area contributed by atoms with Crippen molar-refractivity contribution in [3.05, 3.63) is 60.2 Å². The number of thioether (sulfide) groups is 1. The molecule has 2 atom stereocenters. The Labute approximate surface area is 190 Å². The van der Waals surface area contributed by atoms with Gasteiger partial charge in [0.2, 0.25) is 11.1 Å². The van der Waals surface area contributed by atoms with Gasteiger partial charge in [-0.1, -0.05) is 60.3 Å². The van der Waals surface area contributed by atoms with Crippen molar-refractivity contribution in [3.8, 4) is 0 Å². The third kappa shape index (κ3) is 4.20. The first-order chi connectivity index (χ1) is 15.6. The van der Waals surface area contributed by atoms with E-state index in [1.165, 1.54) is 17.3 Å². The molecule has 1 fully saturated rings. The molecule has 4 aromatic rings. The van der Waals surface area contributed by atoms with Gasteiger partial charge in [-0.25, -0.2) is 4.98 Å². The van der Waals surface area contributed by atoms with E-state index < -0.39 is 0 Å². The second-order valence-corrected chi connectivity index (χ2v) is 9.14. The molecule has 1 amide bonds. The van der Waals surface area contributed by atoms with E-state index in [0.29, 0.717) is 24.8 Å². The Morgan fingerprint density at radius 1 is 1.03 bits per heavy atom. The maximum Gasteiger partial charge on any atom is 0.233 e. The summed E-state index contributed by atoms with van der Waals surface area (Å²) in [6, 6.07) is 18.5. The summed E-state index contributed by atoms with van der Waals surface area (Å²) in [4.78, 5) is 19.4. The summed E-state index contributed by atoms with van der Waals surface area (Å²) in [5, 5.41) is 10.3. The Kier molecular flexibility index (Phi) is 5.80. The minimum atomic E-state index is 0.0515. The Morgan fingerprint density at radius 2 is 1.75 bits per heavy atom. The molecule has 0 aliphatic carbocycles. The van der Waals surface area contributed by atoms with Crippen LogP contribution < -0.4 is 0 Å². The molecular formula is C24H25N5O2S. The Bertz CT molecular complexity index is 1250. The van der Waals surface area contributed by atoms with Gasteiger partial charge in [-0.05, 0) is 25.5 Å². The van der Waals surface area contributed by atoms with Crippen LogP contribution in [0.15, 0.2) is 59.8 Å². The number of carbonyl (C=O) groups is 1. The van der Waals surface area contributed by atoms with Crippen molar-refractivity contribution in [1.82, 2.24) is 24.6 Å². The highest BCUT2D eigenvalue weighted by Gasteiger charge is 2.26. The fourth-order valence-electron chi connectivity index (χ4n) is 4.28. The van der Waals surface area contributed by atoms with E-state index in [2.05, 4.69) is 33.0 Å². The molecule has 2 aromatic heterocycles. The van der Waals surface area contributed by atoms with Gasteiger partial charge in [0.05, 0.1) is 23.5 Å². The first-order valence-electron chi connectivity index (χ1n) is 10.8. The SMILES string of the molecule is CC1CN(C(=O)CSc2nnc3c4ccccc4n(Cc4ccccc4)c3n2)CC(C)O1. The summed E-state index contributed by atoms with van der Waals surface area (Å²) in [6.45, 7) is 5.92. The van der Waals surface area contributed by atoms with Crippen molar-refractivity contribution >= 4 is 39.7 Å². The predicted octanol–water partition coefficient (Wildman–Crippen LogP) is 3.76. The lowest BCUT2D eigenvalue weighted by Gasteiger charge is -2.35. The highest BCUT2D eigenvalue weighted by atomic mass is 32.2. The third-order valence-corrected chi connectivity index (χ3v) is 6.46. The summed E-state index contributed by atoms with van der Waals surface area (Å²) in [5.41, 5.74) is 3.83. The van der Waals surface area contributed by atoms with Crippen molar-refractivity contribution in [2.75, 3.05) is 18.8 Å². The van der Waals surface area contributed by atoms with E-state index in [-0.39, 0.29) is 23.9 Å². The van der Waals surface area contributed by atoms with E-state index in [9.17, 15) is 4.79 Å². The number of para-hydroxylation sites is 1. The number of hydrogen-bond donors (Lipinski definition) is 0. The van der Waals surface area contributed by atoms with Crippen molar-refractivity contribution in [1.29, 1.82) is 0 Å². The lowest BCUT2D eigenvalue weighted by Crippen LogP contribution is -2.48. The summed E-state index contributed by atoms with van der Waals surface area (Å²) in [7, 11) is 0. The van der Waals surface area contributed by atoms with Crippen LogP contribution in [0.5, 0.6) is 0 Å². The molecule has 0 radical (unpaired) electrons. The van der Waals surface area contributed by atoms with Crippen molar-refractivity contribution in [2.45, 2.75) is 37.8 Å². The fraction of sp³-hybridized carbons (Fsp3) is 0.333. The van der Waals surface area contributed by atoms with Gasteiger partial charge in [0, 0.05) is 25.0 Å². The van der Waals surface area contributed by atoms with Gasteiger partial charge in [0.1, 0.15) is 5.52 Å². The van der Waals surface area contributed by atoms with Gasteiger partial charge in [0.15, 0.2) is 5.65 Å².